The molecule has 0 saturated carbocycles. The van der Waals surface area contributed by atoms with Crippen molar-refractivity contribution in [1.29, 1.82) is 0 Å². The van der Waals surface area contributed by atoms with E-state index in [1.807, 2.05) is 57.2 Å². The van der Waals surface area contributed by atoms with E-state index in [2.05, 4.69) is 10.3 Å². The summed E-state index contributed by atoms with van der Waals surface area (Å²) in [6.45, 7) is 6.76. The molecular formula is C23H27N3O3S2. The molecule has 1 aliphatic rings. The molecule has 8 heteroatoms. The lowest BCUT2D eigenvalue weighted by Gasteiger charge is -2.31. The predicted molar refractivity (Wildman–Crippen MR) is 124 cm³/mol. The largest absolute Gasteiger partial charge is 0.349 e. The van der Waals surface area contributed by atoms with Gasteiger partial charge in [0.1, 0.15) is 5.01 Å². The van der Waals surface area contributed by atoms with Gasteiger partial charge in [-0.15, -0.1) is 11.3 Å². The van der Waals surface area contributed by atoms with Crippen LogP contribution in [-0.4, -0.2) is 36.7 Å². The van der Waals surface area contributed by atoms with Crippen LogP contribution in [0.5, 0.6) is 0 Å². The van der Waals surface area contributed by atoms with Crippen LogP contribution in [0.2, 0.25) is 0 Å². The van der Waals surface area contributed by atoms with Crippen molar-refractivity contribution in [3.8, 4) is 0 Å². The van der Waals surface area contributed by atoms with Gasteiger partial charge in [-0.2, -0.15) is 4.31 Å². The second-order valence-corrected chi connectivity index (χ2v) is 11.2. The number of benzene rings is 2. The van der Waals surface area contributed by atoms with Crippen molar-refractivity contribution in [3.05, 3.63) is 58.1 Å². The first-order valence-electron chi connectivity index (χ1n) is 10.5. The molecular weight excluding hydrogens is 430 g/mol. The van der Waals surface area contributed by atoms with Crippen LogP contribution in [0.15, 0.2) is 41.3 Å². The van der Waals surface area contributed by atoms with Crippen LogP contribution in [0.1, 0.15) is 34.5 Å². The van der Waals surface area contributed by atoms with Crippen LogP contribution >= 0.6 is 11.3 Å². The highest BCUT2D eigenvalue weighted by Crippen LogP contribution is 2.29. The van der Waals surface area contributed by atoms with Gasteiger partial charge < -0.3 is 5.32 Å². The Morgan fingerprint density at radius 3 is 2.42 bits per heavy atom. The number of amides is 1. The van der Waals surface area contributed by atoms with E-state index in [0.717, 1.165) is 31.9 Å². The summed E-state index contributed by atoms with van der Waals surface area (Å²) in [6, 6.07) is 11.7. The van der Waals surface area contributed by atoms with E-state index in [1.165, 1.54) is 4.31 Å². The molecule has 1 amide bonds. The summed E-state index contributed by atoms with van der Waals surface area (Å²) in [5, 5.41) is 3.86. The minimum absolute atomic E-state index is 0.0287. The number of rotatable bonds is 5. The van der Waals surface area contributed by atoms with Crippen LogP contribution in [0.4, 0.5) is 0 Å². The number of aryl methyl sites for hydroxylation is 3. The van der Waals surface area contributed by atoms with Gasteiger partial charge in [0.25, 0.3) is 0 Å². The average Bonchev–Trinajstić information content (AvgIpc) is 3.14. The van der Waals surface area contributed by atoms with E-state index >= 15 is 0 Å². The van der Waals surface area contributed by atoms with Crippen molar-refractivity contribution in [2.75, 3.05) is 13.1 Å². The molecule has 1 N–H and O–H groups in total. The number of carbonyl (C=O) groups excluding carboxylic acids is 1. The van der Waals surface area contributed by atoms with Crippen molar-refractivity contribution in [3.63, 3.8) is 0 Å². The van der Waals surface area contributed by atoms with Gasteiger partial charge in [-0.1, -0.05) is 29.8 Å². The summed E-state index contributed by atoms with van der Waals surface area (Å²) < 4.78 is 29.1. The molecule has 6 nitrogen and oxygen atoms in total. The van der Waals surface area contributed by atoms with Gasteiger partial charge in [0.15, 0.2) is 0 Å². The van der Waals surface area contributed by atoms with Crippen molar-refractivity contribution in [2.24, 2.45) is 5.92 Å². The zero-order chi connectivity index (χ0) is 22.2. The van der Waals surface area contributed by atoms with Crippen molar-refractivity contribution in [1.82, 2.24) is 14.6 Å². The van der Waals surface area contributed by atoms with Crippen LogP contribution in [0, 0.1) is 26.7 Å². The van der Waals surface area contributed by atoms with E-state index in [1.54, 1.807) is 11.3 Å². The molecule has 0 atom stereocenters. The number of thiazole rings is 1. The van der Waals surface area contributed by atoms with Crippen molar-refractivity contribution < 1.29 is 13.2 Å². The molecule has 2 heterocycles. The smallest absolute Gasteiger partial charge is 0.243 e. The molecule has 1 aromatic heterocycles. The summed E-state index contributed by atoms with van der Waals surface area (Å²) in [7, 11) is -3.57. The van der Waals surface area contributed by atoms with Gasteiger partial charge in [-0.25, -0.2) is 13.4 Å². The van der Waals surface area contributed by atoms with Gasteiger partial charge in [-0.05, 0) is 56.9 Å². The van der Waals surface area contributed by atoms with E-state index in [0.29, 0.717) is 37.4 Å². The second kappa shape index (κ2) is 8.68. The lowest BCUT2D eigenvalue weighted by atomic mass is 9.97. The lowest BCUT2D eigenvalue weighted by Crippen LogP contribution is -2.43. The predicted octanol–water partition coefficient (Wildman–Crippen LogP) is 3.94. The fourth-order valence-electron chi connectivity index (χ4n) is 4.36. The molecule has 0 spiro atoms. The first-order valence-corrected chi connectivity index (χ1v) is 12.7. The minimum Gasteiger partial charge on any atom is -0.349 e. The standard InChI is InChI=1S/C23H27N3O3S2/c1-15-12-16(2)22(17(3)13-15)31(28,29)26-10-8-18(9-11-26)23(27)24-14-21-25-19-6-4-5-7-20(19)30-21/h4-7,12-13,18H,8-11,14H2,1-3H3,(H,24,27). The van der Waals surface area contributed by atoms with E-state index in [4.69, 9.17) is 0 Å². The molecule has 4 rings (SSSR count). The Kier molecular flexibility index (Phi) is 6.14. The molecule has 0 radical (unpaired) electrons. The fraction of sp³-hybridized carbons (Fsp3) is 0.391. The zero-order valence-electron chi connectivity index (χ0n) is 18.0. The normalized spacial score (nSPS) is 16.0. The number of nitrogens with zero attached hydrogens (tertiary/aromatic N) is 2. The number of para-hydroxylation sites is 1. The van der Waals surface area contributed by atoms with Crippen LogP contribution < -0.4 is 5.32 Å². The summed E-state index contributed by atoms with van der Waals surface area (Å²) in [6.07, 6.45) is 1.05. The highest BCUT2D eigenvalue weighted by Gasteiger charge is 2.33. The van der Waals surface area contributed by atoms with Gasteiger partial charge in [0.2, 0.25) is 15.9 Å². The Morgan fingerprint density at radius 2 is 1.77 bits per heavy atom. The van der Waals surface area contributed by atoms with Crippen LogP contribution in [0.3, 0.4) is 0 Å². The Bertz CT molecular complexity index is 1170. The third kappa shape index (κ3) is 4.51. The highest BCUT2D eigenvalue weighted by atomic mass is 32.2. The number of piperidine rings is 1. The van der Waals surface area contributed by atoms with Gasteiger partial charge >= 0.3 is 0 Å². The monoisotopic (exact) mass is 457 g/mol. The number of hydrogen-bond acceptors (Lipinski definition) is 5. The molecule has 1 aliphatic heterocycles. The van der Waals surface area contributed by atoms with Crippen molar-refractivity contribution >= 4 is 37.5 Å². The molecule has 0 aliphatic carbocycles. The van der Waals surface area contributed by atoms with E-state index in [-0.39, 0.29) is 11.8 Å². The summed E-state index contributed by atoms with van der Waals surface area (Å²) in [5.41, 5.74) is 3.54. The molecule has 3 aromatic rings. The first kappa shape index (κ1) is 21.9. The quantitative estimate of drug-likeness (QED) is 0.629. The molecule has 0 unspecified atom stereocenters. The van der Waals surface area contributed by atoms with E-state index in [9.17, 15) is 13.2 Å². The van der Waals surface area contributed by atoms with E-state index < -0.39 is 10.0 Å². The number of nitrogens with one attached hydrogen (secondary N) is 1. The van der Waals surface area contributed by atoms with Crippen LogP contribution in [-0.2, 0) is 21.4 Å². The number of hydrogen-bond donors (Lipinski definition) is 1. The van der Waals surface area contributed by atoms with Gasteiger partial charge in [0.05, 0.1) is 21.7 Å². The molecule has 1 saturated heterocycles. The SMILES string of the molecule is Cc1cc(C)c(S(=O)(=O)N2CCC(C(=O)NCc3nc4ccccc4s3)CC2)c(C)c1. The second-order valence-electron chi connectivity index (χ2n) is 8.20. The zero-order valence-corrected chi connectivity index (χ0v) is 19.6. The molecule has 2 aromatic carbocycles. The Hall–Kier alpha value is -2.29. The summed E-state index contributed by atoms with van der Waals surface area (Å²) in [5.74, 6) is -0.208. The highest BCUT2D eigenvalue weighted by molar-refractivity contribution is 7.89. The molecule has 0 bridgehead atoms. The maximum atomic E-state index is 13.2. The summed E-state index contributed by atoms with van der Waals surface area (Å²) >= 11 is 1.58. The Morgan fingerprint density at radius 1 is 1.13 bits per heavy atom. The Balaban J connectivity index is 1.37. The fourth-order valence-corrected chi connectivity index (χ4v) is 7.15. The summed E-state index contributed by atoms with van der Waals surface area (Å²) in [4.78, 5) is 17.6. The lowest BCUT2D eigenvalue weighted by molar-refractivity contribution is -0.126. The number of sulfonamides is 1. The Labute approximate surface area is 187 Å². The van der Waals surface area contributed by atoms with Crippen LogP contribution in [0.25, 0.3) is 10.2 Å². The number of aromatic nitrogens is 1. The van der Waals surface area contributed by atoms with Gasteiger partial charge in [0, 0.05) is 19.0 Å². The third-order valence-corrected chi connectivity index (χ3v) is 9.02. The average molecular weight is 458 g/mol. The minimum atomic E-state index is -3.57. The number of fused-ring (bicyclic) bond motifs is 1. The topological polar surface area (TPSA) is 79.4 Å². The van der Waals surface area contributed by atoms with Crippen molar-refractivity contribution in [2.45, 2.75) is 45.1 Å². The maximum absolute atomic E-state index is 13.2. The first-order chi connectivity index (χ1) is 14.8. The molecule has 31 heavy (non-hydrogen) atoms. The van der Waals surface area contributed by atoms with Gasteiger partial charge in [-0.3, -0.25) is 4.79 Å². The molecule has 164 valence electrons. The maximum Gasteiger partial charge on any atom is 0.243 e. The number of carbonyl (C=O) groups is 1. The third-order valence-electron chi connectivity index (χ3n) is 5.78. The molecule has 1 fully saturated rings.